The molecule has 0 radical (unpaired) electrons. The molecule has 134 valence electrons. The number of ether oxygens (including phenoxy) is 2. The van der Waals surface area contributed by atoms with Crippen LogP contribution in [-0.2, 0) is 17.8 Å². The van der Waals surface area contributed by atoms with Gasteiger partial charge in [0.1, 0.15) is 5.75 Å². The van der Waals surface area contributed by atoms with Crippen molar-refractivity contribution in [2.24, 2.45) is 4.99 Å². The molecule has 0 spiro atoms. The Morgan fingerprint density at radius 3 is 2.62 bits per heavy atom. The van der Waals surface area contributed by atoms with Crippen LogP contribution in [0.5, 0.6) is 5.75 Å². The van der Waals surface area contributed by atoms with E-state index in [1.807, 2.05) is 30.5 Å². The molecule has 0 amide bonds. The average molecular weight is 348 g/mol. The molecule has 0 aliphatic carbocycles. The quantitative estimate of drug-likeness (QED) is 0.445. The number of benzene rings is 2. The number of aliphatic imine (C=N–C) groups is 1. The lowest BCUT2D eigenvalue weighted by molar-refractivity contribution is 0.222. The van der Waals surface area contributed by atoms with Gasteiger partial charge < -0.3 is 14.0 Å². The minimum Gasteiger partial charge on any atom is -0.497 e. The van der Waals surface area contributed by atoms with Crippen molar-refractivity contribution in [2.45, 2.75) is 13.1 Å². The molecule has 4 heteroatoms. The maximum atomic E-state index is 5.19. The van der Waals surface area contributed by atoms with E-state index in [0.717, 1.165) is 29.0 Å². The van der Waals surface area contributed by atoms with Crippen LogP contribution in [0.4, 0.5) is 0 Å². The Morgan fingerprint density at radius 2 is 1.88 bits per heavy atom. The third-order valence-electron chi connectivity index (χ3n) is 4.23. The predicted molar refractivity (Wildman–Crippen MR) is 107 cm³/mol. The monoisotopic (exact) mass is 348 g/mol. The highest BCUT2D eigenvalue weighted by Gasteiger charge is 2.07. The molecule has 0 fully saturated rings. The van der Waals surface area contributed by atoms with Crippen molar-refractivity contribution >= 4 is 17.1 Å². The molecule has 0 saturated carbocycles. The molecule has 0 unspecified atom stereocenters. The van der Waals surface area contributed by atoms with Crippen molar-refractivity contribution in [3.63, 3.8) is 0 Å². The molecule has 2 aromatic carbocycles. The Balaban J connectivity index is 1.79. The van der Waals surface area contributed by atoms with E-state index in [0.29, 0.717) is 13.2 Å². The molecular formula is C22H24N2O2. The van der Waals surface area contributed by atoms with Crippen LogP contribution in [0.1, 0.15) is 11.1 Å². The molecule has 0 saturated heterocycles. The molecule has 0 bridgehead atoms. The summed E-state index contributed by atoms with van der Waals surface area (Å²) in [4.78, 5) is 4.62. The summed E-state index contributed by atoms with van der Waals surface area (Å²) in [6, 6.07) is 16.3. The summed E-state index contributed by atoms with van der Waals surface area (Å²) < 4.78 is 12.6. The van der Waals surface area contributed by atoms with E-state index < -0.39 is 0 Å². The zero-order valence-corrected chi connectivity index (χ0v) is 15.3. The summed E-state index contributed by atoms with van der Waals surface area (Å²) >= 11 is 0. The molecule has 26 heavy (non-hydrogen) atoms. The highest BCUT2D eigenvalue weighted by molar-refractivity contribution is 5.99. The van der Waals surface area contributed by atoms with Crippen LogP contribution in [0.3, 0.4) is 0 Å². The second-order valence-corrected chi connectivity index (χ2v) is 6.23. The molecule has 1 heterocycles. The van der Waals surface area contributed by atoms with E-state index in [1.54, 1.807) is 14.2 Å². The van der Waals surface area contributed by atoms with Crippen LogP contribution in [0.15, 0.2) is 71.9 Å². The van der Waals surface area contributed by atoms with E-state index in [9.17, 15) is 0 Å². The van der Waals surface area contributed by atoms with Crippen molar-refractivity contribution in [3.8, 4) is 5.75 Å². The number of nitrogens with zero attached hydrogens (tertiary/aromatic N) is 2. The van der Waals surface area contributed by atoms with Gasteiger partial charge >= 0.3 is 0 Å². The summed E-state index contributed by atoms with van der Waals surface area (Å²) in [6.45, 7) is 6.02. The Kier molecular flexibility index (Phi) is 5.87. The first-order valence-corrected chi connectivity index (χ1v) is 8.57. The fourth-order valence-electron chi connectivity index (χ4n) is 2.98. The van der Waals surface area contributed by atoms with E-state index >= 15 is 0 Å². The van der Waals surface area contributed by atoms with Gasteiger partial charge in [-0.25, -0.2) is 0 Å². The summed E-state index contributed by atoms with van der Waals surface area (Å²) in [5, 5.41) is 1.19. The predicted octanol–water partition coefficient (Wildman–Crippen LogP) is 4.47. The minimum atomic E-state index is 0.563. The number of hydrogen-bond donors (Lipinski definition) is 0. The van der Waals surface area contributed by atoms with Gasteiger partial charge in [-0.3, -0.25) is 4.99 Å². The number of fused-ring (bicyclic) bond motifs is 1. The third-order valence-corrected chi connectivity index (χ3v) is 4.23. The second kappa shape index (κ2) is 8.50. The lowest BCUT2D eigenvalue weighted by Crippen LogP contribution is -2.03. The van der Waals surface area contributed by atoms with Gasteiger partial charge in [0.05, 0.1) is 20.3 Å². The first-order chi connectivity index (χ1) is 12.7. The fraction of sp³-hybridized carbons (Fsp3) is 0.227. The summed E-state index contributed by atoms with van der Waals surface area (Å²) in [6.07, 6.45) is 4.07. The van der Waals surface area contributed by atoms with Crippen molar-refractivity contribution in [1.29, 1.82) is 0 Å². The largest absolute Gasteiger partial charge is 0.497 e. The van der Waals surface area contributed by atoms with E-state index in [4.69, 9.17) is 9.47 Å². The van der Waals surface area contributed by atoms with E-state index in [2.05, 4.69) is 46.6 Å². The lowest BCUT2D eigenvalue weighted by atomic mass is 10.2. The lowest BCUT2D eigenvalue weighted by Gasteiger charge is -2.07. The van der Waals surface area contributed by atoms with Crippen LogP contribution < -0.4 is 4.74 Å². The number of para-hydroxylation sites is 1. The molecule has 0 atom stereocenters. The van der Waals surface area contributed by atoms with Crippen LogP contribution in [0, 0.1) is 0 Å². The second-order valence-electron chi connectivity index (χ2n) is 6.23. The maximum absolute atomic E-state index is 5.19. The fourth-order valence-corrected chi connectivity index (χ4v) is 2.98. The van der Waals surface area contributed by atoms with Crippen LogP contribution in [0.2, 0.25) is 0 Å². The topological polar surface area (TPSA) is 35.8 Å². The van der Waals surface area contributed by atoms with Gasteiger partial charge in [0, 0.05) is 42.5 Å². The number of methoxy groups -OCH3 is 2. The molecule has 0 N–H and O–H groups in total. The van der Waals surface area contributed by atoms with Gasteiger partial charge in [0.2, 0.25) is 0 Å². The van der Waals surface area contributed by atoms with E-state index in [-0.39, 0.29) is 0 Å². The van der Waals surface area contributed by atoms with Crippen molar-refractivity contribution in [2.75, 3.05) is 20.8 Å². The highest BCUT2D eigenvalue weighted by Crippen LogP contribution is 2.21. The van der Waals surface area contributed by atoms with Gasteiger partial charge in [-0.05, 0) is 29.3 Å². The number of hydrogen-bond acceptors (Lipinski definition) is 3. The number of aromatic nitrogens is 1. The molecule has 0 aliphatic heterocycles. The first-order valence-electron chi connectivity index (χ1n) is 8.57. The Labute approximate surface area is 154 Å². The highest BCUT2D eigenvalue weighted by atomic mass is 16.5. The Hall–Kier alpha value is -2.85. The maximum Gasteiger partial charge on any atom is 0.118 e. The SMILES string of the molecule is C=C(COC)Cn1cc(C=NCc2ccc(OC)cc2)c2ccccc21. The van der Waals surface area contributed by atoms with Crippen LogP contribution in [-0.4, -0.2) is 31.6 Å². The van der Waals surface area contributed by atoms with Crippen molar-refractivity contribution in [1.82, 2.24) is 4.57 Å². The first kappa shape index (κ1) is 18.0. The molecule has 3 rings (SSSR count). The third kappa shape index (κ3) is 4.21. The van der Waals surface area contributed by atoms with Crippen molar-refractivity contribution < 1.29 is 9.47 Å². The summed E-state index contributed by atoms with van der Waals surface area (Å²) in [7, 11) is 3.36. The summed E-state index contributed by atoms with van der Waals surface area (Å²) in [5.74, 6) is 0.858. The van der Waals surface area contributed by atoms with Gasteiger partial charge in [-0.15, -0.1) is 0 Å². The van der Waals surface area contributed by atoms with Gasteiger partial charge in [-0.2, -0.15) is 0 Å². The molecule has 0 aliphatic rings. The van der Waals surface area contributed by atoms with Gasteiger partial charge in [0.15, 0.2) is 0 Å². The van der Waals surface area contributed by atoms with Crippen LogP contribution in [0.25, 0.3) is 10.9 Å². The average Bonchev–Trinajstić information content (AvgIpc) is 3.00. The minimum absolute atomic E-state index is 0.563. The summed E-state index contributed by atoms with van der Waals surface area (Å²) in [5.41, 5.74) is 4.48. The standard InChI is InChI=1S/C22H24N2O2/c1-17(16-25-2)14-24-15-19(21-6-4-5-7-22(21)24)13-23-12-18-8-10-20(26-3)11-9-18/h4-11,13,15H,1,12,14,16H2,2-3H3. The van der Waals surface area contributed by atoms with Gasteiger partial charge in [-0.1, -0.05) is 36.9 Å². The molecular weight excluding hydrogens is 324 g/mol. The van der Waals surface area contributed by atoms with Crippen LogP contribution >= 0.6 is 0 Å². The normalized spacial score (nSPS) is 11.3. The van der Waals surface area contributed by atoms with Gasteiger partial charge in [0.25, 0.3) is 0 Å². The zero-order chi connectivity index (χ0) is 18.4. The molecule has 1 aromatic heterocycles. The van der Waals surface area contributed by atoms with E-state index in [1.165, 1.54) is 10.9 Å². The zero-order valence-electron chi connectivity index (χ0n) is 15.3. The number of rotatable bonds is 8. The molecule has 4 nitrogen and oxygen atoms in total. The Bertz CT molecular complexity index is 908. The smallest absolute Gasteiger partial charge is 0.118 e. The van der Waals surface area contributed by atoms with Crippen molar-refractivity contribution in [3.05, 3.63) is 78.0 Å². The Morgan fingerprint density at radius 1 is 1.12 bits per heavy atom. The molecule has 3 aromatic rings.